The van der Waals surface area contributed by atoms with Crippen LogP contribution in [-0.2, 0) is 38.4 Å². The van der Waals surface area contributed by atoms with Crippen LogP contribution in [0.4, 0.5) is 0 Å². The molecule has 402 valence electrons. The van der Waals surface area contributed by atoms with E-state index in [0.717, 1.165) is 0 Å². The van der Waals surface area contributed by atoms with Gasteiger partial charge >= 0.3 is 11.9 Å². The van der Waals surface area contributed by atoms with Crippen molar-refractivity contribution in [1.82, 2.24) is 31.1 Å². The molecule has 10 N–H and O–H groups in total. The number of hydrogen-bond acceptors (Lipinski definition) is 13. The van der Waals surface area contributed by atoms with Crippen LogP contribution in [0.3, 0.4) is 0 Å². The summed E-state index contributed by atoms with van der Waals surface area (Å²) in [6, 6.07) is 21.9. The SMILES string of the molecule is CC1(C)S[C@@H]2C(NC(=O)C(NC(=O)CN=C(N)c3cc(Cl)cc(C#N)c3)c3ccccc3)C(=O)N2[C@H]1C(=O)O.CC1(C)S[C@@H]2C(NC(=O)C(NC(=O)CN=C(N)c3cc(Cl)cc(Cl)c3)c3ccccc3)C(=O)N2[C@H]1C(=O)O. The minimum atomic E-state index is -1.15. The molecule has 4 heterocycles. The molecule has 4 saturated heterocycles. The van der Waals surface area contributed by atoms with E-state index in [1.165, 1.54) is 57.6 Å². The highest BCUT2D eigenvalue weighted by atomic mass is 35.5. The summed E-state index contributed by atoms with van der Waals surface area (Å²) in [7, 11) is 0. The third kappa shape index (κ3) is 12.7. The van der Waals surface area contributed by atoms with Gasteiger partial charge in [0.2, 0.25) is 35.4 Å². The average molecular weight is 1150 g/mol. The number of aliphatic carboxylic acids is 2. The van der Waals surface area contributed by atoms with Crippen molar-refractivity contribution in [3.05, 3.63) is 140 Å². The van der Waals surface area contributed by atoms with Crippen LogP contribution >= 0.6 is 58.3 Å². The number of nitrogens with two attached hydrogens (primary N) is 2. The van der Waals surface area contributed by atoms with E-state index in [-0.39, 0.29) is 28.8 Å². The predicted molar refractivity (Wildman–Crippen MR) is 290 cm³/mol. The topological polar surface area (TPSA) is 332 Å². The maximum absolute atomic E-state index is 13.3. The van der Waals surface area contributed by atoms with Gasteiger partial charge in [-0.05, 0) is 75.2 Å². The van der Waals surface area contributed by atoms with E-state index >= 15 is 0 Å². The molecule has 21 nitrogen and oxygen atoms in total. The van der Waals surface area contributed by atoms with Gasteiger partial charge in [0.15, 0.2) is 0 Å². The van der Waals surface area contributed by atoms with Crippen LogP contribution < -0.4 is 32.7 Å². The van der Waals surface area contributed by atoms with Crippen LogP contribution in [-0.4, -0.2) is 137 Å². The first kappa shape index (κ1) is 57.3. The number of rotatable bonds is 16. The number of amides is 6. The van der Waals surface area contributed by atoms with Gasteiger partial charge in [0.1, 0.15) is 71.8 Å². The molecule has 4 fully saturated rings. The largest absolute Gasteiger partial charge is 0.480 e. The number of carbonyl (C=O) groups excluding carboxylic acids is 6. The highest BCUT2D eigenvalue weighted by Gasteiger charge is 2.65. The Morgan fingerprint density at radius 3 is 1.36 bits per heavy atom. The number of carboxylic acid groups (broad SMARTS) is 2. The van der Waals surface area contributed by atoms with E-state index in [2.05, 4.69) is 31.3 Å². The van der Waals surface area contributed by atoms with Crippen molar-refractivity contribution in [3.63, 3.8) is 0 Å². The first-order chi connectivity index (χ1) is 36.3. The molecule has 77 heavy (non-hydrogen) atoms. The zero-order chi connectivity index (χ0) is 56.3. The molecule has 4 aromatic carbocycles. The molecular formula is C51H50Cl3N11O10S2. The average Bonchev–Trinajstić information content (AvgIpc) is 3.98. The van der Waals surface area contributed by atoms with E-state index in [9.17, 15) is 48.6 Å². The molecule has 0 bridgehead atoms. The number of carboxylic acids is 2. The second-order valence-electron chi connectivity index (χ2n) is 18.9. The van der Waals surface area contributed by atoms with Crippen LogP contribution in [0, 0.1) is 11.3 Å². The number of fused-ring (bicyclic) bond motifs is 2. The lowest BCUT2D eigenvalue weighted by Crippen LogP contribution is -2.71. The van der Waals surface area contributed by atoms with Crippen LogP contribution in [0.2, 0.25) is 15.1 Å². The molecular weight excluding hydrogens is 1100 g/mol. The first-order valence-electron chi connectivity index (χ1n) is 23.3. The molecule has 4 aromatic rings. The van der Waals surface area contributed by atoms with Gasteiger partial charge in [-0.15, -0.1) is 23.5 Å². The van der Waals surface area contributed by atoms with Gasteiger partial charge in [-0.3, -0.25) is 38.8 Å². The van der Waals surface area contributed by atoms with Gasteiger partial charge in [0, 0.05) is 35.7 Å². The number of nitrogens with zero attached hydrogens (tertiary/aromatic N) is 5. The zero-order valence-electron chi connectivity index (χ0n) is 41.3. The van der Waals surface area contributed by atoms with Crippen LogP contribution in [0.15, 0.2) is 107 Å². The molecule has 4 aliphatic rings. The fraction of sp³-hybridized carbons (Fsp3) is 0.314. The van der Waals surface area contributed by atoms with E-state index in [0.29, 0.717) is 32.3 Å². The van der Waals surface area contributed by atoms with Crippen molar-refractivity contribution in [2.75, 3.05) is 13.1 Å². The molecule has 0 aromatic heterocycles. The van der Waals surface area contributed by atoms with Gasteiger partial charge in [-0.2, -0.15) is 5.26 Å². The van der Waals surface area contributed by atoms with E-state index < -0.39 is 110 Å². The standard InChI is InChI=1S/C26H25ClN6O5S.C25H25Cl2N5O5S/c1-26(2)20(25(37)38)33-23(36)19(24(33)39-26)32-22(35)18(14-6-4-3-5-7-14)31-17(34)12-30-21(29)15-8-13(11-28)9-16(27)10-15;1-25(2)19(24(36)37)32-22(35)18(23(32)38-25)31-21(34)17(12-6-4-3-5-7-12)30-16(33)11-29-20(28)13-8-14(26)10-15(27)9-13/h3-10,18-20,24H,12H2,1-2H3,(H2,29,30)(H,31,34)(H,32,35)(H,37,38);3-10,17-19,23H,11H2,1-2H3,(H2,28,29)(H,30,33)(H,31,34)(H,36,37)/t18?,19?,20-,24+;17?,18?,19-,23+/m00/s1. The summed E-state index contributed by atoms with van der Waals surface area (Å²) in [4.78, 5) is 112. The molecule has 26 heteroatoms. The second-order valence-corrected chi connectivity index (χ2v) is 23.7. The maximum atomic E-state index is 13.3. The lowest BCUT2D eigenvalue weighted by molar-refractivity contribution is -0.161. The van der Waals surface area contributed by atoms with Gasteiger partial charge < -0.3 is 52.7 Å². The summed E-state index contributed by atoms with van der Waals surface area (Å²) >= 11 is 20.6. The minimum absolute atomic E-state index is 0.0149. The Bertz CT molecular complexity index is 3130. The van der Waals surface area contributed by atoms with Crippen LogP contribution in [0.1, 0.15) is 67.6 Å². The number of hydrogen-bond donors (Lipinski definition) is 8. The predicted octanol–water partition coefficient (Wildman–Crippen LogP) is 3.59. The second kappa shape index (κ2) is 23.5. The van der Waals surface area contributed by atoms with Crippen molar-refractivity contribution >= 4 is 117 Å². The minimum Gasteiger partial charge on any atom is -0.480 e. The third-order valence-electron chi connectivity index (χ3n) is 12.6. The molecule has 0 aliphatic carbocycles. The summed E-state index contributed by atoms with van der Waals surface area (Å²) in [6.07, 6.45) is 0. The summed E-state index contributed by atoms with van der Waals surface area (Å²) in [5, 5.41) is 38.9. The van der Waals surface area contributed by atoms with E-state index in [1.54, 1.807) is 100 Å². The van der Waals surface area contributed by atoms with Gasteiger partial charge in [-0.1, -0.05) is 95.5 Å². The van der Waals surface area contributed by atoms with Crippen LogP contribution in [0.25, 0.3) is 0 Å². The number of aliphatic imine (C=N–C) groups is 2. The van der Waals surface area contributed by atoms with Crippen molar-refractivity contribution in [2.24, 2.45) is 21.5 Å². The molecule has 4 aliphatic heterocycles. The zero-order valence-corrected chi connectivity index (χ0v) is 45.2. The molecule has 0 spiro atoms. The van der Waals surface area contributed by atoms with Gasteiger partial charge in [0.25, 0.3) is 0 Å². The Morgan fingerprint density at radius 1 is 0.636 bits per heavy atom. The Hall–Kier alpha value is -7.36. The Labute approximate surface area is 464 Å². The number of β-lactam (4-membered cyclic amide) rings is 2. The third-order valence-corrected chi connectivity index (χ3v) is 16.4. The van der Waals surface area contributed by atoms with Crippen LogP contribution in [0.5, 0.6) is 0 Å². The van der Waals surface area contributed by atoms with Crippen molar-refractivity contribution < 1.29 is 48.6 Å². The summed E-state index contributed by atoms with van der Waals surface area (Å²) in [5.41, 5.74) is 14.0. The lowest BCUT2D eigenvalue weighted by Gasteiger charge is -2.44. The first-order valence-corrected chi connectivity index (χ1v) is 26.2. The maximum Gasteiger partial charge on any atom is 0.327 e. The lowest BCUT2D eigenvalue weighted by atomic mass is 9.95. The number of halogens is 3. The van der Waals surface area contributed by atoms with Gasteiger partial charge in [0.05, 0.1) is 11.6 Å². The molecule has 8 atom stereocenters. The van der Waals surface area contributed by atoms with Crippen molar-refractivity contribution in [3.8, 4) is 6.07 Å². The number of benzene rings is 4. The number of thioether (sulfide) groups is 2. The number of amidine groups is 2. The fourth-order valence-electron chi connectivity index (χ4n) is 9.07. The quantitative estimate of drug-likeness (QED) is 0.0452. The number of nitrogens with one attached hydrogen (secondary N) is 4. The van der Waals surface area contributed by atoms with E-state index in [4.69, 9.17) is 51.5 Å². The smallest absolute Gasteiger partial charge is 0.327 e. The summed E-state index contributed by atoms with van der Waals surface area (Å²) < 4.78 is -1.47. The molecule has 4 unspecified atom stereocenters. The highest BCUT2D eigenvalue weighted by Crippen LogP contribution is 2.52. The molecule has 0 saturated carbocycles. The number of nitriles is 1. The summed E-state index contributed by atoms with van der Waals surface area (Å²) in [6.45, 7) is 6.18. The summed E-state index contributed by atoms with van der Waals surface area (Å²) in [5.74, 6) is -5.60. The Balaban J connectivity index is 0.000000224. The Kier molecular flexibility index (Phi) is 17.5. The fourth-order valence-corrected chi connectivity index (χ4v) is 13.1. The molecule has 8 rings (SSSR count). The highest BCUT2D eigenvalue weighted by molar-refractivity contribution is 8.02. The Morgan fingerprint density at radius 2 is 1.00 bits per heavy atom. The number of carbonyl (C=O) groups is 8. The van der Waals surface area contributed by atoms with Gasteiger partial charge in [-0.25, -0.2) is 9.59 Å². The van der Waals surface area contributed by atoms with Crippen molar-refractivity contribution in [2.45, 2.75) is 84.2 Å². The molecule has 6 amide bonds. The van der Waals surface area contributed by atoms with E-state index in [1.807, 2.05) is 6.07 Å². The monoisotopic (exact) mass is 1150 g/mol. The molecule has 0 radical (unpaired) electrons. The van der Waals surface area contributed by atoms with Crippen molar-refractivity contribution in [1.29, 1.82) is 5.26 Å². The normalized spacial score (nSPS) is 22.5.